The molecule has 11 heteroatoms. The quantitative estimate of drug-likeness (QED) is 0.554. The van der Waals surface area contributed by atoms with E-state index in [1.165, 1.54) is 61.3 Å². The maximum atomic E-state index is 12.6. The molecule has 2 amide bonds. The Morgan fingerprint density at radius 2 is 1.76 bits per heavy atom. The van der Waals surface area contributed by atoms with Crippen LogP contribution in [0.15, 0.2) is 47.4 Å². The minimum absolute atomic E-state index is 0.0213. The molecule has 1 unspecified atom stereocenters. The van der Waals surface area contributed by atoms with Gasteiger partial charge in [0.2, 0.25) is 5.91 Å². The van der Waals surface area contributed by atoms with Crippen LogP contribution in [-0.2, 0) is 19.6 Å². The fourth-order valence-corrected chi connectivity index (χ4v) is 3.89. The smallest absolute Gasteiger partial charge is 0.410 e. The van der Waals surface area contributed by atoms with E-state index in [1.54, 1.807) is 20.8 Å². The Kier molecular flexibility index (Phi) is 8.34. The molecule has 0 aliphatic carbocycles. The van der Waals surface area contributed by atoms with Crippen molar-refractivity contribution < 1.29 is 32.0 Å². The molecule has 0 radical (unpaired) electrons. The van der Waals surface area contributed by atoms with Gasteiger partial charge in [0, 0.05) is 14.0 Å². The second-order valence-electron chi connectivity index (χ2n) is 8.31. The van der Waals surface area contributed by atoms with Crippen LogP contribution >= 0.6 is 11.6 Å². The third kappa shape index (κ3) is 7.92. The van der Waals surface area contributed by atoms with Crippen molar-refractivity contribution >= 4 is 39.4 Å². The maximum Gasteiger partial charge on any atom is 0.410 e. The van der Waals surface area contributed by atoms with Gasteiger partial charge in [-0.3, -0.25) is 4.79 Å². The lowest BCUT2D eigenvalue weighted by Crippen LogP contribution is -2.36. The molecule has 0 saturated heterocycles. The highest BCUT2D eigenvalue weighted by Gasteiger charge is 2.22. The number of likely N-dealkylation sites (N-methyl/N-ethyl adjacent to an activating group) is 1. The van der Waals surface area contributed by atoms with E-state index in [2.05, 4.69) is 5.32 Å². The van der Waals surface area contributed by atoms with Crippen LogP contribution in [0.2, 0.25) is 5.02 Å². The molecular formula is C22H27ClN2O7S. The molecule has 2 aromatic carbocycles. The Morgan fingerprint density at radius 1 is 1.15 bits per heavy atom. The lowest BCUT2D eigenvalue weighted by molar-refractivity contribution is -0.114. The number of nitrogens with one attached hydrogen (secondary N) is 1. The van der Waals surface area contributed by atoms with Crippen LogP contribution in [-0.4, -0.2) is 49.6 Å². The Labute approximate surface area is 198 Å². The molecule has 0 saturated carbocycles. The molecule has 0 heterocycles. The van der Waals surface area contributed by atoms with E-state index in [0.29, 0.717) is 5.56 Å². The van der Waals surface area contributed by atoms with Crippen LogP contribution in [0.25, 0.3) is 0 Å². The highest BCUT2D eigenvalue weighted by Crippen LogP contribution is 2.28. The van der Waals surface area contributed by atoms with Gasteiger partial charge in [0.1, 0.15) is 16.2 Å². The van der Waals surface area contributed by atoms with E-state index >= 15 is 0 Å². The molecule has 0 spiro atoms. The van der Waals surface area contributed by atoms with Gasteiger partial charge in [-0.1, -0.05) is 23.7 Å². The van der Waals surface area contributed by atoms with Crippen LogP contribution in [0.1, 0.15) is 39.4 Å². The molecule has 33 heavy (non-hydrogen) atoms. The standard InChI is InChI=1S/C22H27ClN2O7S/c1-14(26)24-19-11-10-17(12-18(19)23)33(29,30)32-16-8-6-15(7-9-16)20(27)13-25(5)21(28)31-22(2,3)4/h6-12,20,27H,13H2,1-5H3,(H,24,26). The highest BCUT2D eigenvalue weighted by molar-refractivity contribution is 7.87. The van der Waals surface area contributed by atoms with Crippen molar-refractivity contribution in [2.75, 3.05) is 18.9 Å². The SMILES string of the molecule is CC(=O)Nc1ccc(S(=O)(=O)Oc2ccc(C(O)CN(C)C(=O)OC(C)(C)C)cc2)cc1Cl. The summed E-state index contributed by atoms with van der Waals surface area (Å²) in [6.45, 7) is 6.51. The first-order valence-electron chi connectivity index (χ1n) is 9.92. The summed E-state index contributed by atoms with van der Waals surface area (Å²) < 4.78 is 35.5. The van der Waals surface area contributed by atoms with Crippen molar-refractivity contribution in [1.29, 1.82) is 0 Å². The Morgan fingerprint density at radius 3 is 2.27 bits per heavy atom. The number of hydrogen-bond donors (Lipinski definition) is 2. The summed E-state index contributed by atoms with van der Waals surface area (Å²) >= 11 is 6.04. The van der Waals surface area contributed by atoms with E-state index < -0.39 is 27.9 Å². The second kappa shape index (κ2) is 10.4. The summed E-state index contributed by atoms with van der Waals surface area (Å²) in [5.74, 6) is -0.322. The van der Waals surface area contributed by atoms with Gasteiger partial charge < -0.3 is 24.2 Å². The van der Waals surface area contributed by atoms with Crippen molar-refractivity contribution in [3.05, 3.63) is 53.1 Å². The number of halogens is 1. The fourth-order valence-electron chi connectivity index (χ4n) is 2.64. The molecule has 9 nitrogen and oxygen atoms in total. The summed E-state index contributed by atoms with van der Waals surface area (Å²) in [7, 11) is -2.69. The molecule has 0 aliphatic rings. The van der Waals surface area contributed by atoms with Crippen molar-refractivity contribution in [2.24, 2.45) is 0 Å². The van der Waals surface area contributed by atoms with Gasteiger partial charge in [0.15, 0.2) is 0 Å². The van der Waals surface area contributed by atoms with E-state index in [4.69, 9.17) is 20.5 Å². The van der Waals surface area contributed by atoms with Crippen LogP contribution in [0, 0.1) is 0 Å². The average Bonchev–Trinajstić information content (AvgIpc) is 2.68. The molecular weight excluding hydrogens is 472 g/mol. The first-order chi connectivity index (χ1) is 15.2. The second-order valence-corrected chi connectivity index (χ2v) is 10.3. The third-order valence-electron chi connectivity index (χ3n) is 4.16. The van der Waals surface area contributed by atoms with Gasteiger partial charge in [-0.05, 0) is 56.7 Å². The van der Waals surface area contributed by atoms with Crippen LogP contribution in [0.3, 0.4) is 0 Å². The van der Waals surface area contributed by atoms with Crippen LogP contribution in [0.5, 0.6) is 5.75 Å². The first kappa shape index (κ1) is 26.4. The predicted molar refractivity (Wildman–Crippen MR) is 124 cm³/mol. The number of carbonyl (C=O) groups is 2. The van der Waals surface area contributed by atoms with Crippen molar-refractivity contribution in [2.45, 2.75) is 44.3 Å². The summed E-state index contributed by atoms with van der Waals surface area (Å²) in [6, 6.07) is 9.55. The number of benzene rings is 2. The number of rotatable bonds is 7. The number of ether oxygens (including phenoxy) is 1. The molecule has 0 aliphatic heterocycles. The lowest BCUT2D eigenvalue weighted by atomic mass is 10.1. The van der Waals surface area contributed by atoms with E-state index in [0.717, 1.165) is 0 Å². The zero-order valence-corrected chi connectivity index (χ0v) is 20.5. The number of nitrogens with zero attached hydrogens (tertiary/aromatic N) is 1. The van der Waals surface area contributed by atoms with Crippen LogP contribution < -0.4 is 9.50 Å². The van der Waals surface area contributed by atoms with Crippen molar-refractivity contribution in [3.8, 4) is 5.75 Å². The molecule has 0 fully saturated rings. The number of hydrogen-bond acceptors (Lipinski definition) is 7. The largest absolute Gasteiger partial charge is 0.444 e. The normalized spacial score (nSPS) is 12.6. The van der Waals surface area contributed by atoms with Gasteiger partial charge in [-0.25, -0.2) is 4.79 Å². The molecule has 2 N–H and O–H groups in total. The van der Waals surface area contributed by atoms with E-state index in [-0.39, 0.29) is 33.8 Å². The zero-order valence-electron chi connectivity index (χ0n) is 19.0. The van der Waals surface area contributed by atoms with E-state index in [9.17, 15) is 23.1 Å². The average molecular weight is 499 g/mol. The summed E-state index contributed by atoms with van der Waals surface area (Å²) in [5.41, 5.74) is 0.0746. The Bertz CT molecular complexity index is 1110. The van der Waals surface area contributed by atoms with Gasteiger partial charge in [-0.15, -0.1) is 0 Å². The summed E-state index contributed by atoms with van der Waals surface area (Å²) in [5, 5.41) is 12.9. The van der Waals surface area contributed by atoms with Gasteiger partial charge >= 0.3 is 16.2 Å². The lowest BCUT2D eigenvalue weighted by Gasteiger charge is -2.26. The van der Waals surface area contributed by atoms with Crippen molar-refractivity contribution in [1.82, 2.24) is 4.90 Å². The van der Waals surface area contributed by atoms with Gasteiger partial charge in [0.25, 0.3) is 0 Å². The first-order valence-corrected chi connectivity index (χ1v) is 11.7. The fraction of sp³-hybridized carbons (Fsp3) is 0.364. The molecule has 1 atom stereocenters. The highest BCUT2D eigenvalue weighted by atomic mass is 35.5. The van der Waals surface area contributed by atoms with Crippen LogP contribution in [0.4, 0.5) is 10.5 Å². The van der Waals surface area contributed by atoms with E-state index in [1.807, 2.05) is 0 Å². The number of amides is 2. The minimum Gasteiger partial charge on any atom is -0.444 e. The molecule has 0 bridgehead atoms. The summed E-state index contributed by atoms with van der Waals surface area (Å²) in [6.07, 6.45) is -1.59. The number of aliphatic hydroxyl groups is 1. The number of carbonyl (C=O) groups excluding carboxylic acids is 2. The molecule has 2 rings (SSSR count). The van der Waals surface area contributed by atoms with Crippen molar-refractivity contribution in [3.63, 3.8) is 0 Å². The van der Waals surface area contributed by atoms with Gasteiger partial charge in [-0.2, -0.15) is 8.42 Å². The minimum atomic E-state index is -4.19. The Balaban J connectivity index is 2.06. The monoisotopic (exact) mass is 498 g/mol. The topological polar surface area (TPSA) is 122 Å². The van der Waals surface area contributed by atoms with Gasteiger partial charge in [0.05, 0.1) is 23.4 Å². The molecule has 180 valence electrons. The summed E-state index contributed by atoms with van der Waals surface area (Å²) in [4.78, 5) is 24.3. The third-order valence-corrected chi connectivity index (χ3v) is 5.72. The Hall–Kier alpha value is -2.82. The number of aliphatic hydroxyl groups excluding tert-OH is 1. The number of anilines is 1. The predicted octanol–water partition coefficient (Wildman–Crippen LogP) is 3.97. The molecule has 0 aromatic heterocycles. The molecule has 2 aromatic rings. The maximum absolute atomic E-state index is 12.6. The zero-order chi connectivity index (χ0) is 25.0.